The van der Waals surface area contributed by atoms with Crippen LogP contribution in [0.15, 0.2) is 40.8 Å². The van der Waals surface area contributed by atoms with Gasteiger partial charge < -0.3 is 19.9 Å². The van der Waals surface area contributed by atoms with Crippen LogP contribution in [0.5, 0.6) is 0 Å². The molecule has 0 spiro atoms. The van der Waals surface area contributed by atoms with Gasteiger partial charge in [0.05, 0.1) is 16.6 Å². The van der Waals surface area contributed by atoms with E-state index in [4.69, 9.17) is 14.8 Å². The largest absolute Gasteiger partial charge is 0.456 e. The van der Waals surface area contributed by atoms with Gasteiger partial charge in [-0.25, -0.2) is 0 Å². The van der Waals surface area contributed by atoms with Crippen LogP contribution in [0.2, 0.25) is 0 Å². The SMILES string of the molecule is CC(C)(O)C(C)(C)OBc1ccc(N)c2c1oc1ccccc12. The van der Waals surface area contributed by atoms with Gasteiger partial charge in [0.15, 0.2) is 0 Å². The Morgan fingerprint density at radius 1 is 1.09 bits per heavy atom. The molecule has 2 aromatic carbocycles. The topological polar surface area (TPSA) is 68.6 Å². The Labute approximate surface area is 136 Å². The summed E-state index contributed by atoms with van der Waals surface area (Å²) in [5.74, 6) is 0. The molecule has 0 aliphatic heterocycles. The molecule has 0 radical (unpaired) electrons. The highest BCUT2D eigenvalue weighted by atomic mass is 16.5. The second-order valence-electron chi connectivity index (χ2n) is 6.97. The number of nitrogens with two attached hydrogens (primary N) is 1. The van der Waals surface area contributed by atoms with E-state index >= 15 is 0 Å². The van der Waals surface area contributed by atoms with E-state index in [1.165, 1.54) is 0 Å². The molecule has 0 bridgehead atoms. The minimum absolute atomic E-state index is 0.341. The molecule has 0 unspecified atom stereocenters. The standard InChI is InChI=1S/C18H22BNO3/c1-17(2,21)18(3,4)23-19-12-9-10-13(20)15-11-7-5-6-8-14(11)22-16(12)15/h5-10,19,21H,20H2,1-4H3. The molecule has 23 heavy (non-hydrogen) atoms. The van der Waals surface area contributed by atoms with E-state index in [2.05, 4.69) is 0 Å². The van der Waals surface area contributed by atoms with Gasteiger partial charge in [0, 0.05) is 11.1 Å². The summed E-state index contributed by atoms with van der Waals surface area (Å²) >= 11 is 0. The zero-order chi connectivity index (χ0) is 16.8. The van der Waals surface area contributed by atoms with Crippen LogP contribution < -0.4 is 11.2 Å². The average molecular weight is 311 g/mol. The van der Waals surface area contributed by atoms with E-state index in [-0.39, 0.29) is 0 Å². The number of hydrogen-bond donors (Lipinski definition) is 2. The molecular formula is C18H22BNO3. The highest BCUT2D eigenvalue weighted by Gasteiger charge is 2.36. The van der Waals surface area contributed by atoms with Gasteiger partial charge in [-0.2, -0.15) is 0 Å². The second kappa shape index (κ2) is 5.29. The van der Waals surface area contributed by atoms with E-state index in [9.17, 15) is 5.11 Å². The predicted octanol–water partition coefficient (Wildman–Crippen LogP) is 2.71. The number of hydrogen-bond acceptors (Lipinski definition) is 4. The van der Waals surface area contributed by atoms with Crippen molar-refractivity contribution >= 4 is 40.6 Å². The first-order valence-electron chi connectivity index (χ1n) is 7.75. The van der Waals surface area contributed by atoms with Crippen molar-refractivity contribution in [3.63, 3.8) is 0 Å². The first-order valence-corrected chi connectivity index (χ1v) is 7.75. The molecule has 0 fully saturated rings. The highest BCUT2D eigenvalue weighted by molar-refractivity contribution is 6.51. The number of rotatable bonds is 4. The minimum atomic E-state index is -0.951. The highest BCUT2D eigenvalue weighted by Crippen LogP contribution is 2.32. The monoisotopic (exact) mass is 311 g/mol. The second-order valence-corrected chi connectivity index (χ2v) is 6.97. The van der Waals surface area contributed by atoms with Crippen molar-refractivity contribution < 1.29 is 14.2 Å². The van der Waals surface area contributed by atoms with Gasteiger partial charge in [0.1, 0.15) is 11.2 Å². The molecule has 3 N–H and O–H groups in total. The summed E-state index contributed by atoms with van der Waals surface area (Å²) in [5.41, 5.74) is 7.67. The maximum absolute atomic E-state index is 10.2. The van der Waals surface area contributed by atoms with Crippen molar-refractivity contribution in [2.75, 3.05) is 5.73 Å². The molecule has 120 valence electrons. The summed E-state index contributed by atoms with van der Waals surface area (Å²) in [5, 5.41) is 12.1. The molecule has 0 saturated carbocycles. The van der Waals surface area contributed by atoms with Gasteiger partial charge in [0.2, 0.25) is 0 Å². The van der Waals surface area contributed by atoms with E-state index in [0.717, 1.165) is 27.4 Å². The summed E-state index contributed by atoms with van der Waals surface area (Å²) in [4.78, 5) is 0. The van der Waals surface area contributed by atoms with Crippen molar-refractivity contribution in [3.05, 3.63) is 36.4 Å². The van der Waals surface area contributed by atoms with Crippen LogP contribution in [-0.4, -0.2) is 23.8 Å². The smallest absolute Gasteiger partial charge is 0.313 e. The van der Waals surface area contributed by atoms with E-state index in [1.54, 1.807) is 13.8 Å². The molecule has 0 aliphatic carbocycles. The van der Waals surface area contributed by atoms with Crippen molar-refractivity contribution in [1.29, 1.82) is 0 Å². The molecule has 1 aromatic heterocycles. The number of fused-ring (bicyclic) bond motifs is 3. The lowest BCUT2D eigenvalue weighted by Gasteiger charge is -2.37. The summed E-state index contributed by atoms with van der Waals surface area (Å²) in [7, 11) is 0.341. The van der Waals surface area contributed by atoms with E-state index < -0.39 is 11.2 Å². The van der Waals surface area contributed by atoms with Crippen molar-refractivity contribution in [3.8, 4) is 0 Å². The third-order valence-electron chi connectivity index (χ3n) is 4.70. The molecule has 3 rings (SSSR count). The Balaban J connectivity index is 2.04. The molecule has 0 aliphatic rings. The Kier molecular flexibility index (Phi) is 3.66. The van der Waals surface area contributed by atoms with Crippen molar-refractivity contribution in [2.45, 2.75) is 38.9 Å². The molecule has 1 heterocycles. The third kappa shape index (κ3) is 2.71. The van der Waals surface area contributed by atoms with Crippen LogP contribution in [-0.2, 0) is 4.65 Å². The molecule has 0 saturated heterocycles. The van der Waals surface area contributed by atoms with Gasteiger partial charge in [0.25, 0.3) is 0 Å². The summed E-state index contributed by atoms with van der Waals surface area (Å²) in [6.07, 6.45) is 0. The normalized spacial score (nSPS) is 12.9. The Morgan fingerprint density at radius 2 is 1.78 bits per heavy atom. The van der Waals surface area contributed by atoms with Crippen molar-refractivity contribution in [2.24, 2.45) is 0 Å². The maximum atomic E-state index is 10.2. The number of para-hydroxylation sites is 1. The maximum Gasteiger partial charge on any atom is 0.313 e. The Bertz CT molecular complexity index is 862. The number of furan rings is 1. The van der Waals surface area contributed by atoms with Gasteiger partial charge >= 0.3 is 7.48 Å². The predicted molar refractivity (Wildman–Crippen MR) is 96.4 cm³/mol. The minimum Gasteiger partial charge on any atom is -0.456 e. The van der Waals surface area contributed by atoms with E-state index in [0.29, 0.717) is 13.2 Å². The molecule has 0 amide bonds. The number of benzene rings is 2. The lowest BCUT2D eigenvalue weighted by Crippen LogP contribution is -2.49. The van der Waals surface area contributed by atoms with Gasteiger partial charge in [-0.1, -0.05) is 24.3 Å². The average Bonchev–Trinajstić information content (AvgIpc) is 2.85. The fraction of sp³-hybridized carbons (Fsp3) is 0.333. The summed E-state index contributed by atoms with van der Waals surface area (Å²) < 4.78 is 12.0. The fourth-order valence-corrected chi connectivity index (χ4v) is 2.46. The van der Waals surface area contributed by atoms with Crippen LogP contribution >= 0.6 is 0 Å². The zero-order valence-corrected chi connectivity index (χ0v) is 14.0. The molecule has 5 heteroatoms. The van der Waals surface area contributed by atoms with Crippen LogP contribution in [0.25, 0.3) is 21.9 Å². The summed E-state index contributed by atoms with van der Waals surface area (Å²) in [6, 6.07) is 11.6. The first kappa shape index (κ1) is 15.9. The van der Waals surface area contributed by atoms with Crippen LogP contribution in [0.1, 0.15) is 27.7 Å². The lowest BCUT2D eigenvalue weighted by atomic mass is 9.81. The van der Waals surface area contributed by atoms with Crippen LogP contribution in [0.3, 0.4) is 0 Å². The lowest BCUT2D eigenvalue weighted by molar-refractivity contribution is -0.0893. The first-order chi connectivity index (χ1) is 10.7. The Morgan fingerprint density at radius 3 is 2.48 bits per heavy atom. The fourth-order valence-electron chi connectivity index (χ4n) is 2.46. The number of aliphatic hydroxyl groups is 1. The number of anilines is 1. The Hall–Kier alpha value is -1.98. The van der Waals surface area contributed by atoms with Gasteiger partial charge in [-0.05, 0) is 45.3 Å². The molecule has 3 aromatic rings. The quantitative estimate of drug-likeness (QED) is 0.574. The van der Waals surface area contributed by atoms with Crippen molar-refractivity contribution in [1.82, 2.24) is 0 Å². The zero-order valence-electron chi connectivity index (χ0n) is 14.0. The third-order valence-corrected chi connectivity index (χ3v) is 4.70. The molecule has 0 atom stereocenters. The summed E-state index contributed by atoms with van der Waals surface area (Å²) in [6.45, 7) is 7.24. The molecule has 4 nitrogen and oxygen atoms in total. The van der Waals surface area contributed by atoms with Crippen LogP contribution in [0.4, 0.5) is 5.69 Å². The number of nitrogen functional groups attached to an aromatic ring is 1. The van der Waals surface area contributed by atoms with Gasteiger partial charge in [-0.15, -0.1) is 0 Å². The van der Waals surface area contributed by atoms with Gasteiger partial charge in [-0.3, -0.25) is 0 Å². The molecular weight excluding hydrogens is 289 g/mol. The van der Waals surface area contributed by atoms with E-state index in [1.807, 2.05) is 50.2 Å². The van der Waals surface area contributed by atoms with Crippen LogP contribution in [0, 0.1) is 0 Å².